The number of nitrogens with one attached hydrogen (secondary N) is 1. The van der Waals surface area contributed by atoms with Crippen LogP contribution < -0.4 is 5.32 Å². The highest BCUT2D eigenvalue weighted by Gasteiger charge is 2.23. The molecule has 4 nitrogen and oxygen atoms in total. The van der Waals surface area contributed by atoms with E-state index in [-0.39, 0.29) is 0 Å². The number of piperidine rings is 1. The van der Waals surface area contributed by atoms with E-state index in [1.165, 1.54) is 57.2 Å². The molecule has 0 spiro atoms. The van der Waals surface area contributed by atoms with Crippen molar-refractivity contribution in [3.8, 4) is 0 Å². The Balaban J connectivity index is 1.58. The molecule has 2 fully saturated rings. The van der Waals surface area contributed by atoms with Crippen molar-refractivity contribution in [2.24, 2.45) is 0 Å². The third-order valence-corrected chi connectivity index (χ3v) is 5.11. The van der Waals surface area contributed by atoms with Crippen molar-refractivity contribution < 1.29 is 0 Å². The Kier molecular flexibility index (Phi) is 5.31. The maximum absolute atomic E-state index is 4.86. The minimum absolute atomic E-state index is 0.665. The van der Waals surface area contributed by atoms with E-state index in [0.717, 1.165) is 19.6 Å². The minimum atomic E-state index is 0.665. The minimum Gasteiger partial charge on any atom is -0.315 e. The molecule has 1 aliphatic carbocycles. The van der Waals surface area contributed by atoms with Gasteiger partial charge < -0.3 is 5.32 Å². The van der Waals surface area contributed by atoms with Crippen LogP contribution in [0.3, 0.4) is 0 Å². The van der Waals surface area contributed by atoms with Gasteiger partial charge in [-0.1, -0.05) is 26.2 Å². The van der Waals surface area contributed by atoms with Crippen LogP contribution in [-0.4, -0.2) is 40.4 Å². The summed E-state index contributed by atoms with van der Waals surface area (Å²) in [5, 5.41) is 8.37. The fourth-order valence-electron chi connectivity index (χ4n) is 3.85. The zero-order chi connectivity index (χ0) is 14.5. The standard InChI is InChI=1S/C17H30N4/c1-2-18-13-17-9-5-6-11-20(17)14-15-10-12-21(19-15)16-7-3-4-8-16/h10,12,16-18H,2-9,11,13-14H2,1H3. The summed E-state index contributed by atoms with van der Waals surface area (Å²) in [7, 11) is 0. The van der Waals surface area contributed by atoms with E-state index in [1.54, 1.807) is 0 Å². The first-order valence-electron chi connectivity index (χ1n) is 8.85. The van der Waals surface area contributed by atoms with Crippen LogP contribution in [0.4, 0.5) is 0 Å². The van der Waals surface area contributed by atoms with Crippen molar-refractivity contribution in [2.45, 2.75) is 70.5 Å². The monoisotopic (exact) mass is 290 g/mol. The highest BCUT2D eigenvalue weighted by molar-refractivity contribution is 5.01. The molecule has 4 heteroatoms. The third kappa shape index (κ3) is 3.86. The smallest absolute Gasteiger partial charge is 0.0765 e. The van der Waals surface area contributed by atoms with Gasteiger partial charge >= 0.3 is 0 Å². The van der Waals surface area contributed by atoms with Crippen molar-refractivity contribution >= 4 is 0 Å². The number of nitrogens with zero attached hydrogens (tertiary/aromatic N) is 3. The molecular weight excluding hydrogens is 260 g/mol. The predicted molar refractivity (Wildman–Crippen MR) is 86.3 cm³/mol. The largest absolute Gasteiger partial charge is 0.315 e. The second kappa shape index (κ2) is 7.41. The van der Waals surface area contributed by atoms with Crippen molar-refractivity contribution in [1.29, 1.82) is 0 Å². The zero-order valence-corrected chi connectivity index (χ0v) is 13.4. The Morgan fingerprint density at radius 2 is 2.00 bits per heavy atom. The summed E-state index contributed by atoms with van der Waals surface area (Å²) in [6.45, 7) is 6.64. The second-order valence-corrected chi connectivity index (χ2v) is 6.65. The fraction of sp³-hybridized carbons (Fsp3) is 0.824. The molecule has 0 bridgehead atoms. The second-order valence-electron chi connectivity index (χ2n) is 6.65. The molecule has 2 aliphatic rings. The van der Waals surface area contributed by atoms with Crippen molar-refractivity contribution in [2.75, 3.05) is 19.6 Å². The average Bonchev–Trinajstić information content (AvgIpc) is 3.17. The lowest BCUT2D eigenvalue weighted by atomic mass is 10.0. The Morgan fingerprint density at radius 1 is 1.19 bits per heavy atom. The van der Waals surface area contributed by atoms with Gasteiger partial charge in [-0.15, -0.1) is 0 Å². The lowest BCUT2D eigenvalue weighted by Crippen LogP contribution is -2.45. The lowest BCUT2D eigenvalue weighted by molar-refractivity contribution is 0.136. The molecule has 21 heavy (non-hydrogen) atoms. The summed E-state index contributed by atoms with van der Waals surface area (Å²) in [6.07, 6.45) is 11.6. The lowest BCUT2D eigenvalue weighted by Gasteiger charge is -2.35. The summed E-state index contributed by atoms with van der Waals surface area (Å²) in [6, 6.07) is 3.59. The number of aromatic nitrogens is 2. The van der Waals surface area contributed by atoms with Crippen molar-refractivity contribution in [1.82, 2.24) is 20.0 Å². The van der Waals surface area contributed by atoms with Gasteiger partial charge in [-0.3, -0.25) is 9.58 Å². The van der Waals surface area contributed by atoms with E-state index in [9.17, 15) is 0 Å². The Labute approximate surface area is 128 Å². The van der Waals surface area contributed by atoms with Crippen molar-refractivity contribution in [3.63, 3.8) is 0 Å². The number of hydrogen-bond acceptors (Lipinski definition) is 3. The Morgan fingerprint density at radius 3 is 2.81 bits per heavy atom. The van der Waals surface area contributed by atoms with E-state index >= 15 is 0 Å². The summed E-state index contributed by atoms with van der Waals surface area (Å²) in [4.78, 5) is 2.63. The van der Waals surface area contributed by atoms with Crippen LogP contribution >= 0.6 is 0 Å². The first-order chi connectivity index (χ1) is 10.4. The molecule has 0 aromatic carbocycles. The summed E-state index contributed by atoms with van der Waals surface area (Å²) < 4.78 is 2.23. The quantitative estimate of drug-likeness (QED) is 0.874. The first kappa shape index (κ1) is 15.0. The van der Waals surface area contributed by atoms with Crippen molar-refractivity contribution in [3.05, 3.63) is 18.0 Å². The molecule has 1 saturated carbocycles. The fourth-order valence-corrected chi connectivity index (χ4v) is 3.85. The zero-order valence-electron chi connectivity index (χ0n) is 13.4. The summed E-state index contributed by atoms with van der Waals surface area (Å²) in [5.74, 6) is 0. The van der Waals surface area contributed by atoms with Gasteiger partial charge in [0, 0.05) is 25.3 Å². The van der Waals surface area contributed by atoms with E-state index in [4.69, 9.17) is 5.10 Å². The van der Waals surface area contributed by atoms with Crippen LogP contribution in [0.2, 0.25) is 0 Å². The van der Waals surface area contributed by atoms with Crippen LogP contribution in [0.5, 0.6) is 0 Å². The molecule has 1 aromatic rings. The topological polar surface area (TPSA) is 33.1 Å². The first-order valence-corrected chi connectivity index (χ1v) is 8.85. The molecule has 2 heterocycles. The van der Waals surface area contributed by atoms with Gasteiger partial charge in [0.2, 0.25) is 0 Å². The molecule has 0 radical (unpaired) electrons. The van der Waals surface area contributed by atoms with Gasteiger partial charge in [0.1, 0.15) is 0 Å². The van der Waals surface area contributed by atoms with Gasteiger partial charge in [-0.05, 0) is 44.8 Å². The number of likely N-dealkylation sites (N-methyl/N-ethyl adjacent to an activating group) is 1. The molecule has 1 atom stereocenters. The van der Waals surface area contributed by atoms with Gasteiger partial charge in [0.15, 0.2) is 0 Å². The normalized spacial score (nSPS) is 24.7. The van der Waals surface area contributed by atoms with Crippen LogP contribution in [0, 0.1) is 0 Å². The van der Waals surface area contributed by atoms with Gasteiger partial charge in [-0.25, -0.2) is 0 Å². The van der Waals surface area contributed by atoms with Crippen LogP contribution in [0.15, 0.2) is 12.3 Å². The Bertz CT molecular complexity index is 422. The highest BCUT2D eigenvalue weighted by Crippen LogP contribution is 2.29. The van der Waals surface area contributed by atoms with Gasteiger partial charge in [0.25, 0.3) is 0 Å². The maximum Gasteiger partial charge on any atom is 0.0765 e. The van der Waals surface area contributed by atoms with E-state index in [2.05, 4.69) is 34.1 Å². The van der Waals surface area contributed by atoms with Gasteiger partial charge in [-0.2, -0.15) is 5.10 Å². The molecule has 1 aromatic heterocycles. The maximum atomic E-state index is 4.86. The van der Waals surface area contributed by atoms with Crippen LogP contribution in [0.25, 0.3) is 0 Å². The molecule has 1 N–H and O–H groups in total. The number of hydrogen-bond donors (Lipinski definition) is 1. The molecule has 1 saturated heterocycles. The van der Waals surface area contributed by atoms with E-state index in [0.29, 0.717) is 12.1 Å². The van der Waals surface area contributed by atoms with Crippen LogP contribution in [-0.2, 0) is 6.54 Å². The molecule has 0 amide bonds. The molecule has 1 aliphatic heterocycles. The molecule has 1 unspecified atom stereocenters. The summed E-state index contributed by atoms with van der Waals surface area (Å²) >= 11 is 0. The molecule has 118 valence electrons. The average molecular weight is 290 g/mol. The van der Waals surface area contributed by atoms with E-state index < -0.39 is 0 Å². The predicted octanol–water partition coefficient (Wildman–Crippen LogP) is 2.96. The Hall–Kier alpha value is -0.870. The SMILES string of the molecule is CCNCC1CCCCN1Cc1ccn(C2CCCC2)n1. The van der Waals surface area contributed by atoms with Gasteiger partial charge in [0.05, 0.1) is 11.7 Å². The third-order valence-electron chi connectivity index (χ3n) is 5.11. The summed E-state index contributed by atoms with van der Waals surface area (Å²) in [5.41, 5.74) is 1.25. The van der Waals surface area contributed by atoms with Crippen LogP contribution in [0.1, 0.15) is 63.6 Å². The molecular formula is C17H30N4. The number of rotatable bonds is 6. The number of likely N-dealkylation sites (tertiary alicyclic amines) is 1. The highest BCUT2D eigenvalue weighted by atomic mass is 15.3. The molecule has 3 rings (SSSR count). The van der Waals surface area contributed by atoms with E-state index in [1.807, 2.05) is 0 Å².